The van der Waals surface area contributed by atoms with E-state index in [9.17, 15) is 14.9 Å². The van der Waals surface area contributed by atoms with Crippen LogP contribution < -0.4 is 5.73 Å². The molecule has 0 radical (unpaired) electrons. The smallest absolute Gasteiger partial charge is 0.307 e. The number of rotatable bonds is 7. The van der Waals surface area contributed by atoms with Crippen LogP contribution in [-0.2, 0) is 11.2 Å². The molecule has 2 N–H and O–H groups in total. The number of aliphatic imine (C=N–C) groups is 1. The monoisotopic (exact) mass is 304 g/mol. The Labute approximate surface area is 129 Å². The molecule has 1 aliphatic heterocycles. The maximum Gasteiger partial charge on any atom is 0.307 e. The highest BCUT2D eigenvalue weighted by Gasteiger charge is 2.34. The van der Waals surface area contributed by atoms with E-state index in [0.29, 0.717) is 30.9 Å². The van der Waals surface area contributed by atoms with Crippen molar-refractivity contribution in [3.8, 4) is 0 Å². The molecule has 0 aliphatic carbocycles. The number of ketones is 1. The lowest BCUT2D eigenvalue weighted by Crippen LogP contribution is -2.42. The van der Waals surface area contributed by atoms with E-state index < -0.39 is 6.17 Å². The van der Waals surface area contributed by atoms with Crippen LogP contribution in [-0.4, -0.2) is 40.7 Å². The third-order valence-electron chi connectivity index (χ3n) is 3.86. The number of hydrogen-bond acceptors (Lipinski definition) is 6. The molecule has 1 atom stereocenters. The zero-order chi connectivity index (χ0) is 16.1. The van der Waals surface area contributed by atoms with Crippen molar-refractivity contribution in [1.29, 1.82) is 0 Å². The number of anilines is 1. The molecule has 1 unspecified atom stereocenters. The van der Waals surface area contributed by atoms with E-state index >= 15 is 0 Å². The van der Waals surface area contributed by atoms with Gasteiger partial charge in [-0.05, 0) is 25.0 Å². The number of nitrogens with zero attached hydrogens (tertiary/aromatic N) is 3. The summed E-state index contributed by atoms with van der Waals surface area (Å²) in [6, 6.07) is 7.46. The Hall–Kier alpha value is -2.44. The van der Waals surface area contributed by atoms with Crippen LogP contribution in [0, 0.1) is 10.1 Å². The first-order valence-electron chi connectivity index (χ1n) is 7.25. The summed E-state index contributed by atoms with van der Waals surface area (Å²) in [5.74, 6) is 0.701. The van der Waals surface area contributed by atoms with Gasteiger partial charge in [-0.25, -0.2) is 0 Å². The molecule has 7 heteroatoms. The molecule has 7 nitrogen and oxygen atoms in total. The maximum atomic E-state index is 12.0. The lowest BCUT2D eigenvalue weighted by Gasteiger charge is -2.20. The van der Waals surface area contributed by atoms with Crippen molar-refractivity contribution in [2.24, 2.45) is 4.99 Å². The van der Waals surface area contributed by atoms with Crippen LogP contribution in [0.25, 0.3) is 0 Å². The van der Waals surface area contributed by atoms with Crippen molar-refractivity contribution in [1.82, 2.24) is 4.90 Å². The molecular formula is C15H20N4O3. The van der Waals surface area contributed by atoms with Crippen molar-refractivity contribution >= 4 is 17.3 Å². The zero-order valence-corrected chi connectivity index (χ0v) is 12.6. The average molecular weight is 304 g/mol. The van der Waals surface area contributed by atoms with E-state index in [4.69, 9.17) is 5.73 Å². The summed E-state index contributed by atoms with van der Waals surface area (Å²) in [7, 11) is 0. The second kappa shape index (κ2) is 7.02. The largest absolute Gasteiger partial charge is 0.399 e. The summed E-state index contributed by atoms with van der Waals surface area (Å²) < 4.78 is 0. The van der Waals surface area contributed by atoms with Crippen LogP contribution in [0.1, 0.15) is 25.3 Å². The highest BCUT2D eigenvalue weighted by atomic mass is 16.6. The highest BCUT2D eigenvalue weighted by molar-refractivity contribution is 5.83. The van der Waals surface area contributed by atoms with Gasteiger partial charge >= 0.3 is 6.17 Å². The van der Waals surface area contributed by atoms with Gasteiger partial charge in [0, 0.05) is 30.0 Å². The van der Waals surface area contributed by atoms with Gasteiger partial charge in [0.2, 0.25) is 0 Å². The van der Waals surface area contributed by atoms with Crippen molar-refractivity contribution in [2.75, 3.05) is 18.8 Å². The summed E-state index contributed by atoms with van der Waals surface area (Å²) in [4.78, 5) is 28.2. The Morgan fingerprint density at radius 3 is 2.86 bits per heavy atom. The Morgan fingerprint density at radius 1 is 1.45 bits per heavy atom. The summed E-state index contributed by atoms with van der Waals surface area (Å²) in [5, 5.41) is 10.9. The number of carbonyl (C=O) groups is 1. The number of Topliss-reactive ketones (excluding diaryl/α,β-unsaturated/α-hetero) is 1. The minimum Gasteiger partial charge on any atom is -0.399 e. The molecule has 0 fully saturated rings. The van der Waals surface area contributed by atoms with Gasteiger partial charge in [-0.2, -0.15) is 0 Å². The number of nitrogen functional groups attached to an aromatic ring is 1. The summed E-state index contributed by atoms with van der Waals surface area (Å²) in [5.41, 5.74) is 7.48. The van der Waals surface area contributed by atoms with Crippen LogP contribution in [0.15, 0.2) is 29.3 Å². The molecule has 0 bridgehead atoms. The fraction of sp³-hybridized carbons (Fsp3) is 0.467. The quantitative estimate of drug-likeness (QED) is 0.467. The number of nitrogens with two attached hydrogens (primary N) is 1. The van der Waals surface area contributed by atoms with E-state index in [1.54, 1.807) is 11.8 Å². The third-order valence-corrected chi connectivity index (χ3v) is 3.86. The predicted octanol–water partition coefficient (Wildman–Crippen LogP) is 1.50. The van der Waals surface area contributed by atoms with Gasteiger partial charge in [0.25, 0.3) is 0 Å². The van der Waals surface area contributed by atoms with Crippen molar-refractivity contribution in [2.45, 2.75) is 32.4 Å². The lowest BCUT2D eigenvalue weighted by atomic mass is 10.0. The van der Waals surface area contributed by atoms with Gasteiger partial charge in [-0.15, -0.1) is 0 Å². The van der Waals surface area contributed by atoms with Crippen LogP contribution in [0.3, 0.4) is 0 Å². The van der Waals surface area contributed by atoms with Crippen LogP contribution in [0.2, 0.25) is 0 Å². The number of amidine groups is 1. The number of para-hydroxylation sites is 1. The Kier molecular flexibility index (Phi) is 5.08. The number of benzene rings is 1. The van der Waals surface area contributed by atoms with Gasteiger partial charge in [0.15, 0.2) is 0 Å². The molecule has 0 amide bonds. The first-order valence-corrected chi connectivity index (χ1v) is 7.25. The zero-order valence-electron chi connectivity index (χ0n) is 12.6. The molecule has 22 heavy (non-hydrogen) atoms. The van der Waals surface area contributed by atoms with Gasteiger partial charge in [0.1, 0.15) is 18.2 Å². The van der Waals surface area contributed by atoms with Gasteiger partial charge in [0.05, 0.1) is 0 Å². The number of nitro groups is 1. The normalized spacial score (nSPS) is 17.4. The molecule has 2 rings (SSSR count). The maximum absolute atomic E-state index is 12.0. The molecule has 1 aromatic rings. The van der Waals surface area contributed by atoms with E-state index in [0.717, 1.165) is 5.56 Å². The second-order valence-electron chi connectivity index (χ2n) is 5.33. The van der Waals surface area contributed by atoms with Gasteiger partial charge in [-0.3, -0.25) is 24.8 Å². The molecule has 118 valence electrons. The molecular weight excluding hydrogens is 284 g/mol. The fourth-order valence-corrected chi connectivity index (χ4v) is 2.52. The van der Waals surface area contributed by atoms with E-state index in [2.05, 4.69) is 4.99 Å². The second-order valence-corrected chi connectivity index (χ2v) is 5.33. The van der Waals surface area contributed by atoms with E-state index in [-0.39, 0.29) is 23.7 Å². The molecule has 0 aromatic heterocycles. The Bertz CT molecular complexity index is 600. The first kappa shape index (κ1) is 15.9. The molecule has 1 heterocycles. The summed E-state index contributed by atoms with van der Waals surface area (Å²) in [6.07, 6.45) is 0.431. The standard InChI is InChI=1S/C15H20N4O3/c1-11-17-10-15(19(21)22)18(11)9-8-13(20)7-6-12-4-2-3-5-14(12)16/h2-5,15H,6-10,16H2,1H3. The third kappa shape index (κ3) is 3.81. The highest BCUT2D eigenvalue weighted by Crippen LogP contribution is 2.15. The van der Waals surface area contributed by atoms with Crippen LogP contribution in [0.4, 0.5) is 5.69 Å². The minimum atomic E-state index is -0.836. The van der Waals surface area contributed by atoms with Gasteiger partial charge in [-0.1, -0.05) is 18.2 Å². The number of hydrogen-bond donors (Lipinski definition) is 1. The SMILES string of the molecule is CC1=NCC([N+](=O)[O-])N1CCC(=O)CCc1ccccc1N. The Morgan fingerprint density at radius 2 is 2.18 bits per heavy atom. The van der Waals surface area contributed by atoms with Crippen LogP contribution in [0.5, 0.6) is 0 Å². The number of carbonyl (C=O) groups excluding carboxylic acids is 1. The van der Waals surface area contributed by atoms with Crippen molar-refractivity contribution in [3.63, 3.8) is 0 Å². The molecule has 0 saturated carbocycles. The lowest BCUT2D eigenvalue weighted by molar-refractivity contribution is -0.539. The van der Waals surface area contributed by atoms with E-state index in [1.807, 2.05) is 24.3 Å². The van der Waals surface area contributed by atoms with Crippen LogP contribution >= 0.6 is 0 Å². The number of aryl methyl sites for hydroxylation is 1. The molecule has 0 spiro atoms. The van der Waals surface area contributed by atoms with Crippen molar-refractivity contribution in [3.05, 3.63) is 39.9 Å². The Balaban J connectivity index is 1.81. The first-order chi connectivity index (χ1) is 10.5. The average Bonchev–Trinajstić information content (AvgIpc) is 2.85. The van der Waals surface area contributed by atoms with E-state index in [1.165, 1.54) is 0 Å². The topological polar surface area (TPSA) is 102 Å². The summed E-state index contributed by atoms with van der Waals surface area (Å²) >= 11 is 0. The fourth-order valence-electron chi connectivity index (χ4n) is 2.52. The predicted molar refractivity (Wildman–Crippen MR) is 84.3 cm³/mol. The minimum absolute atomic E-state index is 0.0741. The summed E-state index contributed by atoms with van der Waals surface area (Å²) in [6.45, 7) is 2.23. The molecule has 1 aromatic carbocycles. The molecule has 1 aliphatic rings. The molecule has 0 saturated heterocycles. The van der Waals surface area contributed by atoms with Gasteiger partial charge < -0.3 is 5.73 Å². The van der Waals surface area contributed by atoms with Crippen molar-refractivity contribution < 1.29 is 9.72 Å².